The lowest BCUT2D eigenvalue weighted by Crippen LogP contribution is -2.11. The van der Waals surface area contributed by atoms with Crippen molar-refractivity contribution in [2.75, 3.05) is 5.32 Å². The predicted octanol–water partition coefficient (Wildman–Crippen LogP) is 0.639. The molecular weight excluding hydrogens is 206 g/mol. The van der Waals surface area contributed by atoms with Crippen molar-refractivity contribution in [1.82, 2.24) is 25.4 Å². The van der Waals surface area contributed by atoms with Gasteiger partial charge >= 0.3 is 0 Å². The minimum Gasteiger partial charge on any atom is -0.358 e. The maximum Gasteiger partial charge on any atom is 0.167 e. The Kier molecular flexibility index (Phi) is 2.73. The van der Waals surface area contributed by atoms with Crippen LogP contribution in [0.1, 0.15) is 24.4 Å². The number of rotatable bonds is 3. The Balaban J connectivity index is 2.19. The second-order valence-electron chi connectivity index (χ2n) is 3.14. The lowest BCUT2D eigenvalue weighted by molar-refractivity contribution is 0.784. The van der Waals surface area contributed by atoms with E-state index in [0.717, 1.165) is 0 Å². The van der Waals surface area contributed by atoms with Crippen molar-refractivity contribution in [3.8, 4) is 6.07 Å². The van der Waals surface area contributed by atoms with Crippen molar-refractivity contribution in [2.24, 2.45) is 0 Å². The molecule has 0 saturated carbocycles. The summed E-state index contributed by atoms with van der Waals surface area (Å²) in [6.45, 7) is 1.89. The van der Waals surface area contributed by atoms with Gasteiger partial charge in [-0.1, -0.05) is 0 Å². The van der Waals surface area contributed by atoms with Crippen LogP contribution in [0.5, 0.6) is 0 Å². The molecule has 2 heterocycles. The minimum absolute atomic E-state index is 0.119. The molecule has 7 nitrogen and oxygen atoms in total. The predicted molar refractivity (Wildman–Crippen MR) is 55.2 cm³/mol. The minimum atomic E-state index is -0.119. The topological polar surface area (TPSA) is 103 Å². The molecule has 16 heavy (non-hydrogen) atoms. The molecule has 2 aromatic rings. The SMILES string of the molecule is CC(Nc1nnccc1C#N)c1ncn[nH]1. The van der Waals surface area contributed by atoms with E-state index in [1.165, 1.54) is 12.5 Å². The van der Waals surface area contributed by atoms with Gasteiger partial charge in [-0.2, -0.15) is 15.5 Å². The summed E-state index contributed by atoms with van der Waals surface area (Å²) in [6.07, 6.45) is 2.90. The van der Waals surface area contributed by atoms with E-state index in [2.05, 4.69) is 30.7 Å². The van der Waals surface area contributed by atoms with Crippen LogP contribution in [-0.2, 0) is 0 Å². The van der Waals surface area contributed by atoms with Crippen molar-refractivity contribution < 1.29 is 0 Å². The molecule has 0 spiro atoms. The molecule has 80 valence electrons. The fraction of sp³-hybridized carbons (Fsp3) is 0.222. The summed E-state index contributed by atoms with van der Waals surface area (Å²) in [5.41, 5.74) is 0.446. The van der Waals surface area contributed by atoms with Crippen molar-refractivity contribution in [3.63, 3.8) is 0 Å². The molecule has 0 aromatic carbocycles. The first-order chi connectivity index (χ1) is 7.81. The van der Waals surface area contributed by atoms with Crippen LogP contribution in [-0.4, -0.2) is 25.4 Å². The van der Waals surface area contributed by atoms with Gasteiger partial charge < -0.3 is 5.32 Å². The van der Waals surface area contributed by atoms with Gasteiger partial charge in [0.25, 0.3) is 0 Å². The van der Waals surface area contributed by atoms with Gasteiger partial charge in [-0.15, -0.1) is 5.10 Å². The standard InChI is InChI=1S/C9H9N7/c1-6(8-11-5-13-15-8)14-9-7(4-10)2-3-12-16-9/h2-3,5-6H,1H3,(H,14,16)(H,11,13,15). The first-order valence-electron chi connectivity index (χ1n) is 4.65. The molecule has 2 aromatic heterocycles. The molecule has 0 aliphatic carbocycles. The molecule has 0 radical (unpaired) electrons. The fourth-order valence-electron chi connectivity index (χ4n) is 1.23. The second kappa shape index (κ2) is 4.35. The highest BCUT2D eigenvalue weighted by molar-refractivity contribution is 5.50. The molecule has 0 aliphatic rings. The maximum absolute atomic E-state index is 8.87. The molecule has 0 amide bonds. The third kappa shape index (κ3) is 1.95. The molecule has 0 saturated heterocycles. The van der Waals surface area contributed by atoms with Gasteiger partial charge in [-0.3, -0.25) is 5.10 Å². The zero-order chi connectivity index (χ0) is 11.4. The lowest BCUT2D eigenvalue weighted by Gasteiger charge is -2.11. The normalized spacial score (nSPS) is 11.8. The van der Waals surface area contributed by atoms with Crippen molar-refractivity contribution in [3.05, 3.63) is 30.0 Å². The van der Waals surface area contributed by atoms with Crippen molar-refractivity contribution >= 4 is 5.82 Å². The molecule has 2 N–H and O–H groups in total. The van der Waals surface area contributed by atoms with E-state index in [9.17, 15) is 0 Å². The number of hydrogen-bond acceptors (Lipinski definition) is 6. The van der Waals surface area contributed by atoms with Gasteiger partial charge in [0.1, 0.15) is 18.2 Å². The Morgan fingerprint density at radius 3 is 3.12 bits per heavy atom. The van der Waals surface area contributed by atoms with E-state index in [1.807, 2.05) is 13.0 Å². The average Bonchev–Trinajstić information content (AvgIpc) is 2.83. The van der Waals surface area contributed by atoms with Gasteiger partial charge in [-0.25, -0.2) is 4.98 Å². The fourth-order valence-corrected chi connectivity index (χ4v) is 1.23. The van der Waals surface area contributed by atoms with Gasteiger partial charge in [0.2, 0.25) is 0 Å². The number of nitriles is 1. The van der Waals surface area contributed by atoms with Crippen LogP contribution in [0.3, 0.4) is 0 Å². The van der Waals surface area contributed by atoms with E-state index < -0.39 is 0 Å². The molecule has 1 atom stereocenters. The summed E-state index contributed by atoms with van der Waals surface area (Å²) in [7, 11) is 0. The monoisotopic (exact) mass is 215 g/mol. The second-order valence-corrected chi connectivity index (χ2v) is 3.14. The van der Waals surface area contributed by atoms with Gasteiger partial charge in [-0.05, 0) is 13.0 Å². The van der Waals surface area contributed by atoms with Crippen LogP contribution in [0, 0.1) is 11.3 Å². The van der Waals surface area contributed by atoms with E-state index in [1.54, 1.807) is 6.07 Å². The van der Waals surface area contributed by atoms with E-state index in [-0.39, 0.29) is 6.04 Å². The molecule has 1 unspecified atom stereocenters. The van der Waals surface area contributed by atoms with Crippen LogP contribution in [0.4, 0.5) is 5.82 Å². The highest BCUT2D eigenvalue weighted by Crippen LogP contribution is 2.15. The third-order valence-electron chi connectivity index (χ3n) is 2.04. The van der Waals surface area contributed by atoms with E-state index in [4.69, 9.17) is 5.26 Å². The smallest absolute Gasteiger partial charge is 0.167 e. The average molecular weight is 215 g/mol. The van der Waals surface area contributed by atoms with Crippen LogP contribution < -0.4 is 5.32 Å². The van der Waals surface area contributed by atoms with Crippen LogP contribution in [0.25, 0.3) is 0 Å². The first kappa shape index (κ1) is 10.0. The van der Waals surface area contributed by atoms with Gasteiger partial charge in [0.05, 0.1) is 17.8 Å². The Hall–Kier alpha value is -2.49. The van der Waals surface area contributed by atoms with Crippen molar-refractivity contribution in [2.45, 2.75) is 13.0 Å². The summed E-state index contributed by atoms with van der Waals surface area (Å²) in [5, 5.41) is 26.0. The first-order valence-corrected chi connectivity index (χ1v) is 4.65. The Bertz CT molecular complexity index is 499. The Morgan fingerprint density at radius 1 is 1.56 bits per heavy atom. The number of hydrogen-bond donors (Lipinski definition) is 2. The summed E-state index contributed by atoms with van der Waals surface area (Å²) in [6, 6.07) is 3.52. The van der Waals surface area contributed by atoms with Crippen LogP contribution in [0.2, 0.25) is 0 Å². The number of nitrogens with zero attached hydrogens (tertiary/aromatic N) is 5. The van der Waals surface area contributed by atoms with Crippen molar-refractivity contribution in [1.29, 1.82) is 5.26 Å². The zero-order valence-electron chi connectivity index (χ0n) is 8.55. The Labute approximate surface area is 91.6 Å². The summed E-state index contributed by atoms with van der Waals surface area (Å²) >= 11 is 0. The molecule has 7 heteroatoms. The van der Waals surface area contributed by atoms with E-state index in [0.29, 0.717) is 17.2 Å². The van der Waals surface area contributed by atoms with Gasteiger partial charge in [0, 0.05) is 0 Å². The number of nitrogens with one attached hydrogen (secondary N) is 2. The Morgan fingerprint density at radius 2 is 2.44 bits per heavy atom. The van der Waals surface area contributed by atoms with Crippen LogP contribution in [0.15, 0.2) is 18.6 Å². The third-order valence-corrected chi connectivity index (χ3v) is 2.04. The summed E-state index contributed by atoms with van der Waals surface area (Å²) in [5.74, 6) is 1.11. The lowest BCUT2D eigenvalue weighted by atomic mass is 10.2. The zero-order valence-corrected chi connectivity index (χ0v) is 8.55. The summed E-state index contributed by atoms with van der Waals surface area (Å²) in [4.78, 5) is 4.01. The quantitative estimate of drug-likeness (QED) is 0.778. The van der Waals surface area contributed by atoms with Crippen LogP contribution >= 0.6 is 0 Å². The number of H-pyrrole nitrogens is 1. The molecule has 0 aliphatic heterocycles. The highest BCUT2D eigenvalue weighted by Gasteiger charge is 2.11. The number of aromatic amines is 1. The molecule has 0 bridgehead atoms. The number of anilines is 1. The van der Waals surface area contributed by atoms with Gasteiger partial charge in [0.15, 0.2) is 5.82 Å². The maximum atomic E-state index is 8.87. The van der Waals surface area contributed by atoms with E-state index >= 15 is 0 Å². The molecule has 2 rings (SSSR count). The highest BCUT2D eigenvalue weighted by atomic mass is 15.2. The number of aromatic nitrogens is 5. The molecular formula is C9H9N7. The largest absolute Gasteiger partial charge is 0.358 e. The molecule has 0 fully saturated rings. The summed E-state index contributed by atoms with van der Waals surface area (Å²) < 4.78 is 0.